The summed E-state index contributed by atoms with van der Waals surface area (Å²) in [6, 6.07) is 8.05. The lowest BCUT2D eigenvalue weighted by atomic mass is 9.91. The number of nitriles is 2. The number of hydrogen-bond acceptors (Lipinski definition) is 2. The molecule has 0 aromatic heterocycles. The monoisotopic (exact) mass is 262 g/mol. The van der Waals surface area contributed by atoms with Crippen LogP contribution in [0.5, 0.6) is 0 Å². The van der Waals surface area contributed by atoms with Gasteiger partial charge in [0.15, 0.2) is 0 Å². The molecule has 0 amide bonds. The standard InChI is InChI=1S/C12H11BrN2/c1-8(2)12-9(5-6-14)3-4-11(13)10(12)7-15/h3-4,8H,5H2,1-2H3. The second-order valence-electron chi connectivity index (χ2n) is 3.60. The molecule has 0 spiro atoms. The Bertz CT molecular complexity index is 450. The van der Waals surface area contributed by atoms with Crippen LogP contribution < -0.4 is 0 Å². The molecule has 1 aromatic rings. The van der Waals surface area contributed by atoms with E-state index < -0.39 is 0 Å². The smallest absolute Gasteiger partial charge is 0.101 e. The van der Waals surface area contributed by atoms with Crippen molar-refractivity contribution in [3.05, 3.63) is 33.3 Å². The first-order valence-electron chi connectivity index (χ1n) is 4.70. The third-order valence-electron chi connectivity index (χ3n) is 2.24. The van der Waals surface area contributed by atoms with Gasteiger partial charge in [0.2, 0.25) is 0 Å². The van der Waals surface area contributed by atoms with Gasteiger partial charge in [0.05, 0.1) is 18.1 Å². The quantitative estimate of drug-likeness (QED) is 0.819. The first-order valence-corrected chi connectivity index (χ1v) is 5.49. The van der Waals surface area contributed by atoms with Gasteiger partial charge in [0.1, 0.15) is 6.07 Å². The largest absolute Gasteiger partial charge is 0.198 e. The molecule has 0 unspecified atom stereocenters. The van der Waals surface area contributed by atoms with Crippen molar-refractivity contribution in [3.63, 3.8) is 0 Å². The fraction of sp³-hybridized carbons (Fsp3) is 0.333. The van der Waals surface area contributed by atoms with E-state index in [0.717, 1.165) is 15.6 Å². The van der Waals surface area contributed by atoms with Crippen molar-refractivity contribution < 1.29 is 0 Å². The zero-order valence-corrected chi connectivity index (χ0v) is 10.3. The third-order valence-corrected chi connectivity index (χ3v) is 2.90. The minimum absolute atomic E-state index is 0.250. The van der Waals surface area contributed by atoms with Crippen LogP contribution in [0.15, 0.2) is 16.6 Å². The zero-order valence-electron chi connectivity index (χ0n) is 8.71. The first-order chi connectivity index (χ1) is 7.11. The Balaban J connectivity index is 3.45. The maximum Gasteiger partial charge on any atom is 0.101 e. The van der Waals surface area contributed by atoms with E-state index in [0.29, 0.717) is 12.0 Å². The van der Waals surface area contributed by atoms with E-state index >= 15 is 0 Å². The van der Waals surface area contributed by atoms with E-state index in [2.05, 4.69) is 28.1 Å². The Morgan fingerprint density at radius 1 is 1.33 bits per heavy atom. The predicted molar refractivity (Wildman–Crippen MR) is 62.3 cm³/mol. The van der Waals surface area contributed by atoms with E-state index in [1.54, 1.807) is 0 Å². The van der Waals surface area contributed by atoms with Crippen molar-refractivity contribution in [1.29, 1.82) is 10.5 Å². The molecule has 1 rings (SSSR count). The van der Waals surface area contributed by atoms with Gasteiger partial charge in [-0.2, -0.15) is 10.5 Å². The van der Waals surface area contributed by atoms with Crippen LogP contribution in [-0.4, -0.2) is 0 Å². The Morgan fingerprint density at radius 2 is 2.00 bits per heavy atom. The fourth-order valence-corrected chi connectivity index (χ4v) is 2.08. The molecule has 0 radical (unpaired) electrons. The Hall–Kier alpha value is -1.32. The molecule has 0 N–H and O–H groups in total. The molecule has 2 nitrogen and oxygen atoms in total. The number of hydrogen-bond donors (Lipinski definition) is 0. The van der Waals surface area contributed by atoms with Gasteiger partial charge in [0, 0.05) is 4.47 Å². The van der Waals surface area contributed by atoms with Gasteiger partial charge in [-0.1, -0.05) is 19.9 Å². The van der Waals surface area contributed by atoms with Crippen LogP contribution in [0, 0.1) is 22.7 Å². The zero-order chi connectivity index (χ0) is 11.4. The summed E-state index contributed by atoms with van der Waals surface area (Å²) in [5.41, 5.74) is 2.58. The fourth-order valence-electron chi connectivity index (χ4n) is 1.65. The van der Waals surface area contributed by atoms with Crippen LogP contribution in [0.2, 0.25) is 0 Å². The second kappa shape index (κ2) is 4.96. The van der Waals surface area contributed by atoms with Gasteiger partial charge in [0.25, 0.3) is 0 Å². The molecule has 0 saturated heterocycles. The summed E-state index contributed by atoms with van der Waals surface area (Å²) in [5, 5.41) is 17.8. The van der Waals surface area contributed by atoms with Crippen molar-refractivity contribution in [2.24, 2.45) is 0 Å². The average molecular weight is 263 g/mol. The summed E-state index contributed by atoms with van der Waals surface area (Å²) in [6.07, 6.45) is 0.357. The lowest BCUT2D eigenvalue weighted by molar-refractivity contribution is 0.845. The predicted octanol–water partition coefficient (Wildman–Crippen LogP) is 3.51. The van der Waals surface area contributed by atoms with Gasteiger partial charge in [-0.3, -0.25) is 0 Å². The van der Waals surface area contributed by atoms with Gasteiger partial charge >= 0.3 is 0 Å². The molecular formula is C12H11BrN2. The summed E-state index contributed by atoms with van der Waals surface area (Å²) in [6.45, 7) is 4.06. The molecule has 1 aromatic carbocycles. The Kier molecular flexibility index (Phi) is 3.88. The van der Waals surface area contributed by atoms with Crippen LogP contribution in [0.25, 0.3) is 0 Å². The lowest BCUT2D eigenvalue weighted by Gasteiger charge is -2.13. The minimum atomic E-state index is 0.250. The van der Waals surface area contributed by atoms with Crippen molar-refractivity contribution in [2.75, 3.05) is 0 Å². The van der Waals surface area contributed by atoms with Crippen LogP contribution in [0.1, 0.15) is 36.5 Å². The number of halogens is 1. The third kappa shape index (κ3) is 2.37. The summed E-state index contributed by atoms with van der Waals surface area (Å²) in [5.74, 6) is 0.250. The maximum atomic E-state index is 9.08. The summed E-state index contributed by atoms with van der Waals surface area (Å²) in [7, 11) is 0. The SMILES string of the molecule is CC(C)c1c(CC#N)ccc(Br)c1C#N. The molecule has 3 heteroatoms. The van der Waals surface area contributed by atoms with Crippen LogP contribution in [0.4, 0.5) is 0 Å². The number of benzene rings is 1. The van der Waals surface area contributed by atoms with Crippen molar-refractivity contribution in [2.45, 2.75) is 26.2 Å². The van der Waals surface area contributed by atoms with Crippen LogP contribution in [0.3, 0.4) is 0 Å². The van der Waals surface area contributed by atoms with Gasteiger partial charge < -0.3 is 0 Å². The highest BCUT2D eigenvalue weighted by Crippen LogP contribution is 2.29. The van der Waals surface area contributed by atoms with E-state index in [-0.39, 0.29) is 5.92 Å². The molecule has 0 atom stereocenters. The molecule has 76 valence electrons. The maximum absolute atomic E-state index is 9.08. The van der Waals surface area contributed by atoms with Crippen LogP contribution >= 0.6 is 15.9 Å². The molecule has 0 aliphatic rings. The second-order valence-corrected chi connectivity index (χ2v) is 4.45. The lowest BCUT2D eigenvalue weighted by Crippen LogP contribution is -2.00. The molecule has 0 aliphatic heterocycles. The highest BCUT2D eigenvalue weighted by Gasteiger charge is 2.14. The normalized spacial score (nSPS) is 9.73. The molecule has 0 heterocycles. The molecule has 0 aliphatic carbocycles. The topological polar surface area (TPSA) is 47.6 Å². The van der Waals surface area contributed by atoms with Gasteiger partial charge in [-0.05, 0) is 39.0 Å². The summed E-state index contributed by atoms with van der Waals surface area (Å²) < 4.78 is 0.801. The van der Waals surface area contributed by atoms with E-state index in [4.69, 9.17) is 10.5 Å². The minimum Gasteiger partial charge on any atom is -0.198 e. The van der Waals surface area contributed by atoms with Gasteiger partial charge in [-0.15, -0.1) is 0 Å². The summed E-state index contributed by atoms with van der Waals surface area (Å²) >= 11 is 3.36. The first kappa shape index (κ1) is 11.8. The average Bonchev–Trinajstić information content (AvgIpc) is 2.20. The Labute approximate surface area is 98.3 Å². The molecule has 0 saturated carbocycles. The molecular weight excluding hydrogens is 252 g/mol. The Morgan fingerprint density at radius 3 is 2.47 bits per heavy atom. The van der Waals surface area contributed by atoms with Crippen molar-refractivity contribution in [3.8, 4) is 12.1 Å². The van der Waals surface area contributed by atoms with E-state index in [9.17, 15) is 0 Å². The molecule has 15 heavy (non-hydrogen) atoms. The van der Waals surface area contributed by atoms with Gasteiger partial charge in [-0.25, -0.2) is 0 Å². The van der Waals surface area contributed by atoms with Crippen molar-refractivity contribution >= 4 is 15.9 Å². The molecule has 0 bridgehead atoms. The van der Waals surface area contributed by atoms with Crippen LogP contribution in [-0.2, 0) is 6.42 Å². The molecule has 0 fully saturated rings. The van der Waals surface area contributed by atoms with Crippen molar-refractivity contribution in [1.82, 2.24) is 0 Å². The van der Waals surface area contributed by atoms with E-state index in [1.165, 1.54) is 0 Å². The highest BCUT2D eigenvalue weighted by molar-refractivity contribution is 9.10. The van der Waals surface area contributed by atoms with E-state index in [1.807, 2.05) is 26.0 Å². The highest BCUT2D eigenvalue weighted by atomic mass is 79.9. The number of rotatable bonds is 2. The summed E-state index contributed by atoms with van der Waals surface area (Å²) in [4.78, 5) is 0. The number of nitrogens with zero attached hydrogens (tertiary/aromatic N) is 2.